The second-order valence-electron chi connectivity index (χ2n) is 6.17. The summed E-state index contributed by atoms with van der Waals surface area (Å²) in [5.41, 5.74) is 2.51. The Morgan fingerprint density at radius 1 is 0.964 bits per heavy atom. The standard InChI is InChI=1S/C18H21ClN2O.C2H2O4/c1-22-18-5-3-2-4-17(18)21-12-10-20(11-13-21)14-15-6-8-16(19)9-7-15;3-1(4)2(5)6/h2-9H,10-14H2,1H3;(H,3,4)(H,5,6). The number of halogens is 1. The number of anilines is 1. The zero-order valence-corrected chi connectivity index (χ0v) is 16.3. The minimum atomic E-state index is -1.82. The number of hydrogen-bond acceptors (Lipinski definition) is 5. The summed E-state index contributed by atoms with van der Waals surface area (Å²) in [5.74, 6) is -2.70. The van der Waals surface area contributed by atoms with Crippen LogP contribution in [0.5, 0.6) is 5.75 Å². The molecule has 0 atom stereocenters. The molecule has 150 valence electrons. The zero-order chi connectivity index (χ0) is 20.5. The van der Waals surface area contributed by atoms with Gasteiger partial charge in [-0.3, -0.25) is 4.90 Å². The first kappa shape index (κ1) is 21.5. The van der Waals surface area contributed by atoms with Crippen LogP contribution in [0.15, 0.2) is 48.5 Å². The topological polar surface area (TPSA) is 90.3 Å². The number of carboxylic acids is 2. The van der Waals surface area contributed by atoms with Gasteiger partial charge < -0.3 is 19.8 Å². The third-order valence-corrected chi connectivity index (χ3v) is 4.55. The van der Waals surface area contributed by atoms with Gasteiger partial charge in [-0.2, -0.15) is 0 Å². The van der Waals surface area contributed by atoms with Crippen LogP contribution in [-0.4, -0.2) is 60.3 Å². The molecule has 3 rings (SSSR count). The molecule has 2 N–H and O–H groups in total. The van der Waals surface area contributed by atoms with Gasteiger partial charge in [0, 0.05) is 37.7 Å². The molecule has 2 aromatic rings. The number of carbonyl (C=O) groups is 2. The molecule has 1 aliphatic rings. The maximum absolute atomic E-state index is 9.10. The van der Waals surface area contributed by atoms with Crippen molar-refractivity contribution in [2.75, 3.05) is 38.2 Å². The number of hydrogen-bond donors (Lipinski definition) is 2. The number of nitrogens with zero attached hydrogens (tertiary/aromatic N) is 2. The minimum absolute atomic E-state index is 0.796. The van der Waals surface area contributed by atoms with E-state index < -0.39 is 11.9 Å². The Morgan fingerprint density at radius 3 is 2.07 bits per heavy atom. The highest BCUT2D eigenvalue weighted by Crippen LogP contribution is 2.28. The number of piperazine rings is 1. The lowest BCUT2D eigenvalue weighted by Crippen LogP contribution is -2.46. The third kappa shape index (κ3) is 6.44. The van der Waals surface area contributed by atoms with Gasteiger partial charge in [-0.15, -0.1) is 0 Å². The highest BCUT2D eigenvalue weighted by atomic mass is 35.5. The Balaban J connectivity index is 0.000000409. The molecular formula is C20H23ClN2O5. The molecule has 0 aromatic heterocycles. The normalized spacial score (nSPS) is 14.0. The predicted octanol–water partition coefficient (Wildman–Crippen LogP) is 2.83. The van der Waals surface area contributed by atoms with Crippen LogP contribution in [0.2, 0.25) is 5.02 Å². The molecule has 0 amide bonds. The Morgan fingerprint density at radius 2 is 1.54 bits per heavy atom. The third-order valence-electron chi connectivity index (χ3n) is 4.30. The quantitative estimate of drug-likeness (QED) is 0.754. The molecule has 0 radical (unpaired) electrons. The van der Waals surface area contributed by atoms with Crippen LogP contribution in [-0.2, 0) is 16.1 Å². The Labute approximate surface area is 168 Å². The molecule has 1 heterocycles. The molecule has 1 fully saturated rings. The summed E-state index contributed by atoms with van der Waals surface area (Å²) in [6, 6.07) is 16.4. The van der Waals surface area contributed by atoms with E-state index in [1.165, 1.54) is 11.3 Å². The van der Waals surface area contributed by atoms with Gasteiger partial charge in [0.05, 0.1) is 12.8 Å². The lowest BCUT2D eigenvalue weighted by Gasteiger charge is -2.36. The molecule has 2 aromatic carbocycles. The molecule has 0 bridgehead atoms. The number of methoxy groups -OCH3 is 1. The average molecular weight is 407 g/mol. The lowest BCUT2D eigenvalue weighted by atomic mass is 10.2. The number of carboxylic acid groups (broad SMARTS) is 2. The molecule has 1 saturated heterocycles. The highest BCUT2D eigenvalue weighted by molar-refractivity contribution is 6.30. The van der Waals surface area contributed by atoms with Crippen molar-refractivity contribution in [2.45, 2.75) is 6.54 Å². The van der Waals surface area contributed by atoms with Gasteiger partial charge in [0.25, 0.3) is 0 Å². The number of rotatable bonds is 4. The fourth-order valence-corrected chi connectivity index (χ4v) is 3.01. The molecule has 0 aliphatic carbocycles. The monoisotopic (exact) mass is 406 g/mol. The van der Waals surface area contributed by atoms with E-state index in [1.54, 1.807) is 7.11 Å². The summed E-state index contributed by atoms with van der Waals surface area (Å²) < 4.78 is 5.46. The lowest BCUT2D eigenvalue weighted by molar-refractivity contribution is -0.159. The predicted molar refractivity (Wildman–Crippen MR) is 107 cm³/mol. The largest absolute Gasteiger partial charge is 0.495 e. The van der Waals surface area contributed by atoms with Crippen LogP contribution in [0.1, 0.15) is 5.56 Å². The van der Waals surface area contributed by atoms with Gasteiger partial charge in [-0.25, -0.2) is 9.59 Å². The van der Waals surface area contributed by atoms with Gasteiger partial charge in [0.15, 0.2) is 0 Å². The van der Waals surface area contributed by atoms with Gasteiger partial charge in [-0.1, -0.05) is 35.9 Å². The number of aliphatic carboxylic acids is 2. The maximum Gasteiger partial charge on any atom is 0.414 e. The molecule has 0 saturated carbocycles. The summed E-state index contributed by atoms with van der Waals surface area (Å²) in [5, 5.41) is 15.6. The SMILES string of the molecule is COc1ccccc1N1CCN(Cc2ccc(Cl)cc2)CC1.O=C(O)C(=O)O. The Kier molecular flexibility index (Phi) is 8.10. The van der Waals surface area contributed by atoms with Crippen LogP contribution >= 0.6 is 11.6 Å². The van der Waals surface area contributed by atoms with E-state index in [0.717, 1.165) is 43.5 Å². The number of para-hydroxylation sites is 2. The van der Waals surface area contributed by atoms with Gasteiger partial charge >= 0.3 is 11.9 Å². The molecule has 28 heavy (non-hydrogen) atoms. The molecular weight excluding hydrogens is 384 g/mol. The van der Waals surface area contributed by atoms with Crippen LogP contribution in [0.25, 0.3) is 0 Å². The van der Waals surface area contributed by atoms with E-state index in [4.69, 9.17) is 36.1 Å². The van der Waals surface area contributed by atoms with Crippen molar-refractivity contribution in [3.05, 3.63) is 59.1 Å². The van der Waals surface area contributed by atoms with Gasteiger partial charge in [0.2, 0.25) is 0 Å². The van der Waals surface area contributed by atoms with Crippen molar-refractivity contribution in [3.63, 3.8) is 0 Å². The summed E-state index contributed by atoms with van der Waals surface area (Å²) in [6.45, 7) is 5.14. The maximum atomic E-state index is 9.10. The summed E-state index contributed by atoms with van der Waals surface area (Å²) in [7, 11) is 1.73. The summed E-state index contributed by atoms with van der Waals surface area (Å²) in [6.07, 6.45) is 0. The van der Waals surface area contributed by atoms with Gasteiger partial charge in [0.1, 0.15) is 5.75 Å². The highest BCUT2D eigenvalue weighted by Gasteiger charge is 2.19. The first-order valence-electron chi connectivity index (χ1n) is 8.71. The average Bonchev–Trinajstić information content (AvgIpc) is 2.71. The van der Waals surface area contributed by atoms with Crippen molar-refractivity contribution in [2.24, 2.45) is 0 Å². The minimum Gasteiger partial charge on any atom is -0.495 e. The number of benzene rings is 2. The molecule has 0 unspecified atom stereocenters. The summed E-state index contributed by atoms with van der Waals surface area (Å²) >= 11 is 5.94. The molecule has 7 nitrogen and oxygen atoms in total. The van der Waals surface area contributed by atoms with Crippen molar-refractivity contribution in [1.29, 1.82) is 0 Å². The Bertz CT molecular complexity index is 777. The Hall–Kier alpha value is -2.77. The smallest absolute Gasteiger partial charge is 0.414 e. The van der Waals surface area contributed by atoms with E-state index in [0.29, 0.717) is 0 Å². The fraction of sp³-hybridized carbons (Fsp3) is 0.300. The van der Waals surface area contributed by atoms with Crippen molar-refractivity contribution >= 4 is 29.2 Å². The van der Waals surface area contributed by atoms with Crippen LogP contribution in [0.3, 0.4) is 0 Å². The van der Waals surface area contributed by atoms with E-state index in [1.807, 2.05) is 24.3 Å². The first-order chi connectivity index (χ1) is 13.4. The van der Waals surface area contributed by atoms with Crippen LogP contribution in [0, 0.1) is 0 Å². The van der Waals surface area contributed by atoms with Crippen molar-refractivity contribution in [3.8, 4) is 5.75 Å². The fourth-order valence-electron chi connectivity index (χ4n) is 2.89. The van der Waals surface area contributed by atoms with Crippen molar-refractivity contribution < 1.29 is 24.5 Å². The van der Waals surface area contributed by atoms with Gasteiger partial charge in [-0.05, 0) is 29.8 Å². The number of ether oxygens (including phenoxy) is 1. The van der Waals surface area contributed by atoms with Crippen LogP contribution in [0.4, 0.5) is 5.69 Å². The van der Waals surface area contributed by atoms with E-state index >= 15 is 0 Å². The van der Waals surface area contributed by atoms with E-state index in [2.05, 4.69) is 34.1 Å². The van der Waals surface area contributed by atoms with Crippen molar-refractivity contribution in [1.82, 2.24) is 4.90 Å². The zero-order valence-electron chi connectivity index (χ0n) is 15.5. The van der Waals surface area contributed by atoms with Crippen LogP contribution < -0.4 is 9.64 Å². The first-order valence-corrected chi connectivity index (χ1v) is 9.09. The van der Waals surface area contributed by atoms with E-state index in [-0.39, 0.29) is 0 Å². The van der Waals surface area contributed by atoms with E-state index in [9.17, 15) is 0 Å². The molecule has 8 heteroatoms. The summed E-state index contributed by atoms with van der Waals surface area (Å²) in [4.78, 5) is 23.1. The molecule has 0 spiro atoms. The second kappa shape index (κ2) is 10.5. The molecule has 1 aliphatic heterocycles. The second-order valence-corrected chi connectivity index (χ2v) is 6.61.